The SMILES string of the molecule is COC(=O)C(O)C(O)c1cc(F)ccc1C#N. The summed E-state index contributed by atoms with van der Waals surface area (Å²) in [5.41, 5.74) is -0.188. The standard InChI is InChI=1S/C11H10FNO4/c1-17-11(16)10(15)9(14)8-4-7(12)3-2-6(8)5-13/h2-4,9-10,14-15H,1H3. The van der Waals surface area contributed by atoms with E-state index in [-0.39, 0.29) is 11.1 Å². The first kappa shape index (κ1) is 13.1. The normalized spacial score (nSPS) is 13.6. The van der Waals surface area contributed by atoms with Crippen LogP contribution in [0.25, 0.3) is 0 Å². The third-order valence-corrected chi connectivity index (χ3v) is 2.19. The van der Waals surface area contributed by atoms with Crippen molar-refractivity contribution in [2.24, 2.45) is 0 Å². The van der Waals surface area contributed by atoms with E-state index in [0.29, 0.717) is 0 Å². The number of rotatable bonds is 3. The van der Waals surface area contributed by atoms with Crippen molar-refractivity contribution in [1.82, 2.24) is 0 Å². The third-order valence-electron chi connectivity index (χ3n) is 2.19. The predicted molar refractivity (Wildman–Crippen MR) is 54.1 cm³/mol. The molecule has 0 bridgehead atoms. The van der Waals surface area contributed by atoms with Gasteiger partial charge in [-0.05, 0) is 18.2 Å². The largest absolute Gasteiger partial charge is 0.467 e. The lowest BCUT2D eigenvalue weighted by Gasteiger charge is -2.16. The summed E-state index contributed by atoms with van der Waals surface area (Å²) in [4.78, 5) is 11.0. The molecule has 0 aromatic heterocycles. The molecule has 17 heavy (non-hydrogen) atoms. The first-order valence-electron chi connectivity index (χ1n) is 4.64. The van der Waals surface area contributed by atoms with Crippen molar-refractivity contribution >= 4 is 5.97 Å². The van der Waals surface area contributed by atoms with Crippen LogP contribution in [-0.2, 0) is 9.53 Å². The summed E-state index contributed by atoms with van der Waals surface area (Å²) < 4.78 is 17.2. The summed E-state index contributed by atoms with van der Waals surface area (Å²) in [6.07, 6.45) is -3.58. The van der Waals surface area contributed by atoms with E-state index in [9.17, 15) is 19.4 Å². The van der Waals surface area contributed by atoms with E-state index >= 15 is 0 Å². The van der Waals surface area contributed by atoms with Crippen LogP contribution < -0.4 is 0 Å². The fourth-order valence-electron chi connectivity index (χ4n) is 1.30. The van der Waals surface area contributed by atoms with Crippen LogP contribution in [0.2, 0.25) is 0 Å². The maximum Gasteiger partial charge on any atom is 0.337 e. The lowest BCUT2D eigenvalue weighted by atomic mass is 9.99. The average molecular weight is 239 g/mol. The van der Waals surface area contributed by atoms with Gasteiger partial charge in [0.15, 0.2) is 6.10 Å². The Hall–Kier alpha value is -1.97. The summed E-state index contributed by atoms with van der Waals surface area (Å²) in [5.74, 6) is -1.75. The Balaban J connectivity index is 3.11. The van der Waals surface area contributed by atoms with Crippen molar-refractivity contribution in [2.45, 2.75) is 12.2 Å². The highest BCUT2D eigenvalue weighted by Crippen LogP contribution is 2.22. The molecule has 0 aliphatic carbocycles. The molecule has 5 nitrogen and oxygen atoms in total. The number of methoxy groups -OCH3 is 1. The van der Waals surface area contributed by atoms with Crippen LogP contribution in [-0.4, -0.2) is 29.4 Å². The number of hydrogen-bond donors (Lipinski definition) is 2. The van der Waals surface area contributed by atoms with Gasteiger partial charge in [0.25, 0.3) is 0 Å². The van der Waals surface area contributed by atoms with Gasteiger partial charge < -0.3 is 14.9 Å². The molecule has 0 fully saturated rings. The van der Waals surface area contributed by atoms with Crippen LogP contribution in [0.3, 0.4) is 0 Å². The quantitative estimate of drug-likeness (QED) is 0.738. The van der Waals surface area contributed by atoms with Gasteiger partial charge in [0.2, 0.25) is 0 Å². The van der Waals surface area contributed by atoms with Crippen LogP contribution in [0.1, 0.15) is 17.2 Å². The number of carbonyl (C=O) groups is 1. The van der Waals surface area contributed by atoms with Gasteiger partial charge in [0, 0.05) is 5.56 Å². The monoisotopic (exact) mass is 239 g/mol. The number of ether oxygens (including phenoxy) is 1. The number of aliphatic hydroxyl groups is 2. The average Bonchev–Trinajstić information content (AvgIpc) is 2.35. The van der Waals surface area contributed by atoms with Crippen molar-refractivity contribution in [3.8, 4) is 6.07 Å². The van der Waals surface area contributed by atoms with E-state index < -0.39 is 24.0 Å². The highest BCUT2D eigenvalue weighted by Gasteiger charge is 2.28. The van der Waals surface area contributed by atoms with Gasteiger partial charge in [0.1, 0.15) is 11.9 Å². The molecule has 90 valence electrons. The number of halogens is 1. The molecule has 0 aliphatic rings. The number of nitriles is 1. The Kier molecular flexibility index (Phi) is 4.15. The minimum atomic E-state index is -1.87. The van der Waals surface area contributed by atoms with Gasteiger partial charge in [-0.3, -0.25) is 0 Å². The van der Waals surface area contributed by atoms with Crippen molar-refractivity contribution < 1.29 is 24.1 Å². The van der Waals surface area contributed by atoms with Gasteiger partial charge in [-0.25, -0.2) is 9.18 Å². The Morgan fingerprint density at radius 2 is 2.18 bits per heavy atom. The second-order valence-corrected chi connectivity index (χ2v) is 3.26. The minimum Gasteiger partial charge on any atom is -0.467 e. The molecule has 0 radical (unpaired) electrons. The predicted octanol–water partition coefficient (Wildman–Crippen LogP) is 0.265. The fraction of sp³-hybridized carbons (Fsp3) is 0.273. The van der Waals surface area contributed by atoms with E-state index in [2.05, 4.69) is 4.74 Å². The third kappa shape index (κ3) is 2.78. The summed E-state index contributed by atoms with van der Waals surface area (Å²) in [7, 11) is 1.04. The Morgan fingerprint density at radius 3 is 2.71 bits per heavy atom. The van der Waals surface area contributed by atoms with E-state index in [1.807, 2.05) is 0 Å². The summed E-state index contributed by atoms with van der Waals surface area (Å²) in [6, 6.07) is 4.80. The molecule has 6 heteroatoms. The van der Waals surface area contributed by atoms with Crippen LogP contribution in [0.4, 0.5) is 4.39 Å². The van der Waals surface area contributed by atoms with Crippen LogP contribution in [0.15, 0.2) is 18.2 Å². The molecule has 0 aliphatic heterocycles. The molecule has 2 atom stereocenters. The lowest BCUT2D eigenvalue weighted by molar-refractivity contribution is -0.156. The number of esters is 1. The van der Waals surface area contributed by atoms with Crippen molar-refractivity contribution in [2.75, 3.05) is 7.11 Å². The lowest BCUT2D eigenvalue weighted by Crippen LogP contribution is -2.29. The van der Waals surface area contributed by atoms with Crippen LogP contribution in [0.5, 0.6) is 0 Å². The van der Waals surface area contributed by atoms with Gasteiger partial charge in [0.05, 0.1) is 18.7 Å². The maximum absolute atomic E-state index is 13.0. The van der Waals surface area contributed by atoms with Crippen molar-refractivity contribution in [1.29, 1.82) is 5.26 Å². The number of hydrogen-bond acceptors (Lipinski definition) is 5. The van der Waals surface area contributed by atoms with Crippen LogP contribution in [0, 0.1) is 17.1 Å². The summed E-state index contributed by atoms with van der Waals surface area (Å²) in [5, 5.41) is 27.8. The molecule has 0 amide bonds. The number of carbonyl (C=O) groups excluding carboxylic acids is 1. The molecule has 2 N–H and O–H groups in total. The molecule has 1 rings (SSSR count). The number of aliphatic hydroxyl groups excluding tert-OH is 2. The number of benzene rings is 1. The molecular formula is C11H10FNO4. The maximum atomic E-state index is 13.0. The van der Waals surface area contributed by atoms with Gasteiger partial charge >= 0.3 is 5.97 Å². The second-order valence-electron chi connectivity index (χ2n) is 3.26. The van der Waals surface area contributed by atoms with Gasteiger partial charge in [-0.2, -0.15) is 5.26 Å². The van der Waals surface area contributed by atoms with E-state index in [0.717, 1.165) is 25.3 Å². The van der Waals surface area contributed by atoms with E-state index in [4.69, 9.17) is 5.26 Å². The highest BCUT2D eigenvalue weighted by molar-refractivity contribution is 5.75. The van der Waals surface area contributed by atoms with Crippen molar-refractivity contribution in [3.63, 3.8) is 0 Å². The smallest absolute Gasteiger partial charge is 0.337 e. The zero-order valence-electron chi connectivity index (χ0n) is 8.92. The molecule has 1 aromatic carbocycles. The first-order chi connectivity index (χ1) is 8.01. The van der Waals surface area contributed by atoms with Crippen molar-refractivity contribution in [3.05, 3.63) is 35.1 Å². The van der Waals surface area contributed by atoms with Gasteiger partial charge in [-0.1, -0.05) is 0 Å². The number of nitrogens with zero attached hydrogens (tertiary/aromatic N) is 1. The van der Waals surface area contributed by atoms with E-state index in [1.165, 1.54) is 0 Å². The molecular weight excluding hydrogens is 229 g/mol. The van der Waals surface area contributed by atoms with Gasteiger partial charge in [-0.15, -0.1) is 0 Å². The molecule has 2 unspecified atom stereocenters. The van der Waals surface area contributed by atoms with E-state index in [1.54, 1.807) is 6.07 Å². The molecule has 0 saturated carbocycles. The summed E-state index contributed by atoms with van der Waals surface area (Å²) in [6.45, 7) is 0. The Labute approximate surface area is 96.7 Å². The summed E-state index contributed by atoms with van der Waals surface area (Å²) >= 11 is 0. The molecule has 1 aromatic rings. The topological polar surface area (TPSA) is 90.6 Å². The molecule has 0 heterocycles. The zero-order chi connectivity index (χ0) is 13.0. The second kappa shape index (κ2) is 5.39. The molecule has 0 saturated heterocycles. The minimum absolute atomic E-state index is 0.0261. The fourth-order valence-corrected chi connectivity index (χ4v) is 1.30. The Morgan fingerprint density at radius 1 is 1.53 bits per heavy atom. The zero-order valence-corrected chi connectivity index (χ0v) is 8.92. The highest BCUT2D eigenvalue weighted by atomic mass is 19.1. The Bertz CT molecular complexity index is 469. The first-order valence-corrected chi connectivity index (χ1v) is 4.64. The van der Waals surface area contributed by atoms with Crippen LogP contribution >= 0.6 is 0 Å². The molecule has 0 spiro atoms.